The number of rotatable bonds is 6. The minimum atomic E-state index is 0.541. The molecule has 158 valence electrons. The quantitative estimate of drug-likeness (QED) is 0.285. The Balaban J connectivity index is 1.94. The molecule has 7 heteroatoms. The summed E-state index contributed by atoms with van der Waals surface area (Å²) >= 11 is 7.17. The molecular weight excluding hydrogens is 524 g/mol. The molecule has 0 saturated carbocycles. The van der Waals surface area contributed by atoms with Crippen molar-refractivity contribution in [3.05, 3.63) is 69.6 Å². The van der Waals surface area contributed by atoms with Gasteiger partial charge in [0.25, 0.3) is 0 Å². The van der Waals surface area contributed by atoms with Crippen LogP contribution in [0.25, 0.3) is 33.9 Å². The van der Waals surface area contributed by atoms with Crippen LogP contribution in [0.4, 0.5) is 0 Å². The average Bonchev–Trinajstić information content (AvgIpc) is 3.24. The van der Waals surface area contributed by atoms with Crippen molar-refractivity contribution in [2.24, 2.45) is 0 Å². The predicted molar refractivity (Wildman–Crippen MR) is 130 cm³/mol. The molecule has 0 radical (unpaired) electrons. The molecule has 0 fully saturated rings. The van der Waals surface area contributed by atoms with E-state index >= 15 is 0 Å². The van der Waals surface area contributed by atoms with E-state index in [1.807, 2.05) is 54.6 Å². The lowest BCUT2D eigenvalue weighted by Gasteiger charge is -2.13. The average molecular weight is 544 g/mol. The molecular formula is C24H20Br2N2O3. The molecule has 1 N–H and O–H groups in total. The van der Waals surface area contributed by atoms with Crippen molar-refractivity contribution in [1.82, 2.24) is 9.97 Å². The summed E-state index contributed by atoms with van der Waals surface area (Å²) in [5.41, 5.74) is 4.61. The van der Waals surface area contributed by atoms with Crippen LogP contribution in [0.15, 0.2) is 69.6 Å². The van der Waals surface area contributed by atoms with Gasteiger partial charge in [0, 0.05) is 25.6 Å². The SMILES string of the molecule is COc1cc(-c2nc(-c3ccc(Br)cc3)c(-c3ccccc3Br)[nH]2)cc(OC)c1OC. The monoisotopic (exact) mass is 542 g/mol. The third kappa shape index (κ3) is 4.20. The van der Waals surface area contributed by atoms with E-state index in [9.17, 15) is 0 Å². The highest BCUT2D eigenvalue weighted by atomic mass is 79.9. The molecule has 1 heterocycles. The second kappa shape index (κ2) is 9.16. The molecule has 0 aliphatic rings. The lowest BCUT2D eigenvalue weighted by molar-refractivity contribution is 0.324. The standard InChI is InChI=1S/C24H20Br2N2O3/c1-29-19-12-15(13-20(30-2)23(19)31-3)24-27-21(14-8-10-16(25)11-9-14)22(28-24)17-6-4-5-7-18(17)26/h4-13H,1-3H3,(H,27,28). The van der Waals surface area contributed by atoms with Gasteiger partial charge in [-0.25, -0.2) is 4.98 Å². The van der Waals surface area contributed by atoms with Gasteiger partial charge in [0.2, 0.25) is 5.75 Å². The number of imidazole rings is 1. The lowest BCUT2D eigenvalue weighted by atomic mass is 10.1. The Morgan fingerprint density at radius 3 is 2.00 bits per heavy atom. The van der Waals surface area contributed by atoms with Gasteiger partial charge in [0.15, 0.2) is 11.5 Å². The second-order valence-electron chi connectivity index (χ2n) is 6.71. The van der Waals surface area contributed by atoms with E-state index in [-0.39, 0.29) is 0 Å². The highest BCUT2D eigenvalue weighted by molar-refractivity contribution is 9.10. The number of hydrogen-bond donors (Lipinski definition) is 1. The van der Waals surface area contributed by atoms with Crippen molar-refractivity contribution in [1.29, 1.82) is 0 Å². The fourth-order valence-electron chi connectivity index (χ4n) is 3.40. The molecule has 0 aliphatic heterocycles. The Morgan fingerprint density at radius 1 is 0.774 bits per heavy atom. The minimum Gasteiger partial charge on any atom is -0.493 e. The normalized spacial score (nSPS) is 10.7. The van der Waals surface area contributed by atoms with Crippen LogP contribution in [0.3, 0.4) is 0 Å². The number of ether oxygens (including phenoxy) is 3. The van der Waals surface area contributed by atoms with Gasteiger partial charge in [-0.2, -0.15) is 0 Å². The number of halogens is 2. The lowest BCUT2D eigenvalue weighted by Crippen LogP contribution is -1.96. The minimum absolute atomic E-state index is 0.541. The summed E-state index contributed by atoms with van der Waals surface area (Å²) in [5, 5.41) is 0. The number of hydrogen-bond acceptors (Lipinski definition) is 4. The van der Waals surface area contributed by atoms with Gasteiger partial charge in [0.1, 0.15) is 5.82 Å². The van der Waals surface area contributed by atoms with Crippen molar-refractivity contribution in [3.8, 4) is 51.2 Å². The number of aromatic nitrogens is 2. The maximum Gasteiger partial charge on any atom is 0.203 e. The zero-order valence-corrected chi connectivity index (χ0v) is 20.4. The van der Waals surface area contributed by atoms with E-state index in [1.165, 1.54) is 0 Å². The van der Waals surface area contributed by atoms with Crippen LogP contribution in [0.2, 0.25) is 0 Å². The molecule has 0 unspecified atom stereocenters. The molecule has 4 aromatic rings. The van der Waals surface area contributed by atoms with Gasteiger partial charge in [-0.1, -0.05) is 62.2 Å². The van der Waals surface area contributed by atoms with E-state index < -0.39 is 0 Å². The highest BCUT2D eigenvalue weighted by Crippen LogP contribution is 2.42. The Morgan fingerprint density at radius 2 is 1.42 bits per heavy atom. The summed E-state index contributed by atoms with van der Waals surface area (Å²) in [4.78, 5) is 8.46. The fraction of sp³-hybridized carbons (Fsp3) is 0.125. The van der Waals surface area contributed by atoms with Crippen LogP contribution >= 0.6 is 31.9 Å². The van der Waals surface area contributed by atoms with Gasteiger partial charge in [0.05, 0.1) is 32.7 Å². The van der Waals surface area contributed by atoms with Crippen LogP contribution in [0, 0.1) is 0 Å². The molecule has 3 aromatic carbocycles. The van der Waals surface area contributed by atoms with Crippen LogP contribution in [0.1, 0.15) is 0 Å². The Hall–Kier alpha value is -2.77. The van der Waals surface area contributed by atoms with Crippen LogP contribution in [-0.2, 0) is 0 Å². The Bertz CT molecular complexity index is 1190. The summed E-state index contributed by atoms with van der Waals surface area (Å²) in [5.74, 6) is 2.38. The smallest absolute Gasteiger partial charge is 0.203 e. The third-order valence-electron chi connectivity index (χ3n) is 4.90. The first-order valence-corrected chi connectivity index (χ1v) is 11.1. The fourth-order valence-corrected chi connectivity index (χ4v) is 4.15. The van der Waals surface area contributed by atoms with Crippen molar-refractivity contribution < 1.29 is 14.2 Å². The maximum absolute atomic E-state index is 5.52. The molecule has 5 nitrogen and oxygen atoms in total. The van der Waals surface area contributed by atoms with Gasteiger partial charge in [-0.05, 0) is 30.3 Å². The molecule has 4 rings (SSSR count). The van der Waals surface area contributed by atoms with Gasteiger partial charge >= 0.3 is 0 Å². The molecule has 0 bridgehead atoms. The summed E-state index contributed by atoms with van der Waals surface area (Å²) in [6.45, 7) is 0. The molecule has 31 heavy (non-hydrogen) atoms. The summed E-state index contributed by atoms with van der Waals surface area (Å²) in [6, 6.07) is 19.9. The zero-order valence-electron chi connectivity index (χ0n) is 17.2. The van der Waals surface area contributed by atoms with Crippen molar-refractivity contribution in [2.45, 2.75) is 0 Å². The topological polar surface area (TPSA) is 56.4 Å². The first-order chi connectivity index (χ1) is 15.0. The molecule has 0 spiro atoms. The second-order valence-corrected chi connectivity index (χ2v) is 8.48. The number of benzene rings is 3. The van der Waals surface area contributed by atoms with Crippen LogP contribution in [-0.4, -0.2) is 31.3 Å². The van der Waals surface area contributed by atoms with Crippen molar-refractivity contribution in [2.75, 3.05) is 21.3 Å². The van der Waals surface area contributed by atoms with Crippen molar-refractivity contribution in [3.63, 3.8) is 0 Å². The number of H-pyrrole nitrogens is 1. The number of methoxy groups -OCH3 is 3. The van der Waals surface area contributed by atoms with Crippen LogP contribution in [0.5, 0.6) is 17.2 Å². The van der Waals surface area contributed by atoms with Gasteiger partial charge in [-0.15, -0.1) is 0 Å². The van der Waals surface area contributed by atoms with Gasteiger partial charge in [-0.3, -0.25) is 0 Å². The maximum atomic E-state index is 5.52. The summed E-state index contributed by atoms with van der Waals surface area (Å²) < 4.78 is 18.5. The number of aromatic amines is 1. The van der Waals surface area contributed by atoms with Crippen LogP contribution < -0.4 is 14.2 Å². The number of nitrogens with one attached hydrogen (secondary N) is 1. The Kier molecular flexibility index (Phi) is 6.34. The molecule has 0 amide bonds. The molecule has 0 atom stereocenters. The molecule has 1 aromatic heterocycles. The number of nitrogens with zero attached hydrogens (tertiary/aromatic N) is 1. The highest BCUT2D eigenvalue weighted by Gasteiger charge is 2.20. The summed E-state index contributed by atoms with van der Waals surface area (Å²) in [7, 11) is 4.79. The molecule has 0 saturated heterocycles. The van der Waals surface area contributed by atoms with E-state index in [2.05, 4.69) is 42.9 Å². The molecule has 0 aliphatic carbocycles. The first kappa shape index (κ1) is 21.5. The summed E-state index contributed by atoms with van der Waals surface area (Å²) in [6.07, 6.45) is 0. The van der Waals surface area contributed by atoms with E-state index in [1.54, 1.807) is 21.3 Å². The third-order valence-corrected chi connectivity index (χ3v) is 6.12. The first-order valence-electron chi connectivity index (χ1n) is 9.47. The van der Waals surface area contributed by atoms with E-state index in [0.717, 1.165) is 37.0 Å². The van der Waals surface area contributed by atoms with Crippen molar-refractivity contribution >= 4 is 31.9 Å². The van der Waals surface area contributed by atoms with E-state index in [4.69, 9.17) is 19.2 Å². The van der Waals surface area contributed by atoms with Gasteiger partial charge < -0.3 is 19.2 Å². The van der Waals surface area contributed by atoms with E-state index in [0.29, 0.717) is 23.1 Å². The zero-order chi connectivity index (χ0) is 22.0. The predicted octanol–water partition coefficient (Wildman–Crippen LogP) is 6.96. The largest absolute Gasteiger partial charge is 0.493 e. The Labute approximate surface area is 197 Å².